The number of nitriles is 1. The van der Waals surface area contributed by atoms with Gasteiger partial charge in [-0.15, -0.1) is 0 Å². The first-order chi connectivity index (χ1) is 58.9. The molecule has 25 nitrogen and oxygen atoms in total. The number of rotatable bonds is 14. The van der Waals surface area contributed by atoms with Gasteiger partial charge in [-0.3, -0.25) is 0 Å². The molecule has 122 heavy (non-hydrogen) atoms. The first kappa shape index (κ1) is 83.7. The molecule has 8 aliphatic rings. The molecule has 0 bridgehead atoms. The SMILES string of the molecule is Cc1ccnc2c1ccn2[C@@H]1C[C@H](Oc2cc(C#N)cc3c2CNCC3)[C@@H](O)[C@H]1O.Cc1ccnc2c1ccn2[C@@H]1C[C@H](Oc2cc(C(F)F)c(F)c3c2CNCC3)[C@@H](O)[C@H]1O.Cc1ccnc2c1ccn2[C@@H]1C[C@H](Oc2cc(C(F)F)cc3c2CNCC3)[C@@H](O)[C@H]1O.Cc1ccnc2c1ccn2[C@@H]1C[C@H](Oc2ccc(F)c3c2CNCC3)[C@@H](O)[C@H]1O. The van der Waals surface area contributed by atoms with E-state index in [9.17, 15) is 72.5 Å². The van der Waals surface area contributed by atoms with Gasteiger partial charge < -0.3 is 99.3 Å². The molecule has 4 aliphatic heterocycles. The number of nitrogens with one attached hydrogen (secondary N) is 4. The number of hydrogen-bond acceptors (Lipinski definition) is 21. The van der Waals surface area contributed by atoms with Gasteiger partial charge in [0.05, 0.1) is 41.4 Å². The average Bonchev–Trinajstić information content (AvgIpc) is 1.58. The summed E-state index contributed by atoms with van der Waals surface area (Å²) in [6.07, 6.45) is 1.28. The van der Waals surface area contributed by atoms with Crippen LogP contribution in [0.25, 0.3) is 44.1 Å². The number of aliphatic hydroxyl groups excluding tert-OH is 8. The van der Waals surface area contributed by atoms with Gasteiger partial charge in [0, 0.05) is 151 Å². The fraction of sp³-hybridized carbons (Fsp3) is 0.418. The maximum absolute atomic E-state index is 14.6. The molecule has 16 atom stereocenters. The van der Waals surface area contributed by atoms with E-state index in [1.165, 1.54) is 18.2 Å². The highest BCUT2D eigenvalue weighted by Gasteiger charge is 2.49. The van der Waals surface area contributed by atoms with Crippen LogP contribution in [0.2, 0.25) is 0 Å². The summed E-state index contributed by atoms with van der Waals surface area (Å²) in [4.78, 5) is 17.8. The van der Waals surface area contributed by atoms with Crippen LogP contribution in [-0.2, 0) is 51.9 Å². The fourth-order valence-corrected chi connectivity index (χ4v) is 19.0. The number of pyridine rings is 4. The van der Waals surface area contributed by atoms with Gasteiger partial charge in [-0.2, -0.15) is 5.26 Å². The molecule has 0 amide bonds. The van der Waals surface area contributed by atoms with Gasteiger partial charge >= 0.3 is 0 Å². The van der Waals surface area contributed by atoms with Crippen molar-refractivity contribution in [2.45, 2.75) is 216 Å². The van der Waals surface area contributed by atoms with E-state index in [2.05, 4.69) is 47.3 Å². The van der Waals surface area contributed by atoms with Crippen LogP contribution in [0, 0.1) is 50.7 Å². The number of benzene rings is 4. The second kappa shape index (κ2) is 35.0. The molecule has 20 rings (SSSR count). The van der Waals surface area contributed by atoms with Gasteiger partial charge in [-0.05, 0) is 215 Å². The number of ether oxygens (including phenoxy) is 4. The van der Waals surface area contributed by atoms with Crippen molar-refractivity contribution in [3.05, 3.63) is 236 Å². The Balaban J connectivity index is 0.000000116. The minimum Gasteiger partial charge on any atom is -0.487 e. The number of nitrogens with zero attached hydrogens (tertiary/aromatic N) is 9. The number of hydrogen-bond donors (Lipinski definition) is 12. The number of aromatic nitrogens is 8. The number of alkyl halides is 4. The van der Waals surface area contributed by atoms with E-state index in [-0.39, 0.29) is 54.2 Å². The summed E-state index contributed by atoms with van der Waals surface area (Å²) in [5.74, 6) is 0.527. The van der Waals surface area contributed by atoms with E-state index in [4.69, 9.17) is 18.9 Å². The second-order valence-electron chi connectivity index (χ2n) is 33.0. The fourth-order valence-electron chi connectivity index (χ4n) is 19.0. The molecule has 8 aromatic heterocycles. The average molecular weight is 1680 g/mol. The van der Waals surface area contributed by atoms with E-state index < -0.39 is 110 Å². The van der Waals surface area contributed by atoms with Crippen molar-refractivity contribution >= 4 is 44.1 Å². The van der Waals surface area contributed by atoms with E-state index in [1.807, 2.05) is 125 Å². The van der Waals surface area contributed by atoms with Crippen LogP contribution in [0.4, 0.5) is 26.3 Å². The molecule has 0 radical (unpaired) electrons. The Kier molecular flexibility index (Phi) is 24.0. The molecule has 0 unspecified atom stereocenters. The monoisotopic (exact) mass is 1680 g/mol. The minimum absolute atomic E-state index is 0.0867. The third-order valence-electron chi connectivity index (χ3n) is 25.8. The Morgan fingerprint density at radius 1 is 0.385 bits per heavy atom. The smallest absolute Gasteiger partial charge is 0.266 e. The van der Waals surface area contributed by atoms with Crippen LogP contribution < -0.4 is 40.2 Å². The Morgan fingerprint density at radius 3 is 1.11 bits per heavy atom. The molecule has 12 heterocycles. The zero-order valence-electron chi connectivity index (χ0n) is 67.5. The molecule has 4 fully saturated rings. The zero-order valence-corrected chi connectivity index (χ0v) is 67.5. The molecule has 0 spiro atoms. The van der Waals surface area contributed by atoms with Crippen LogP contribution in [-0.4, -0.2) is 178 Å². The highest BCUT2D eigenvalue weighted by Crippen LogP contribution is 2.45. The van der Waals surface area contributed by atoms with E-state index in [0.29, 0.717) is 97.9 Å². The van der Waals surface area contributed by atoms with Crippen molar-refractivity contribution < 1.29 is 86.1 Å². The lowest BCUT2D eigenvalue weighted by Crippen LogP contribution is -2.35. The first-order valence-corrected chi connectivity index (χ1v) is 41.5. The molecule has 4 aromatic carbocycles. The first-order valence-electron chi connectivity index (χ1n) is 41.5. The normalized spacial score (nSPS) is 25.9. The highest BCUT2D eigenvalue weighted by atomic mass is 19.3. The molecule has 12 aromatic rings. The van der Waals surface area contributed by atoms with Gasteiger partial charge in [0.15, 0.2) is 0 Å². The van der Waals surface area contributed by atoms with E-state index in [1.54, 1.807) is 36.9 Å². The standard InChI is InChI=1S/C23H24F3N3O3.C23H25F2N3O3.C23H24N4O3.C22H24FN3O3/c1-11-2-6-28-23-12(11)4-7-29(23)16-9-18(21(31)20(16)30)32-17-8-14(22(25)26)19(24)13-3-5-27-10-15(13)17;1-12-2-6-27-23-15(12)4-7-28(23)17-10-19(21(30)20(17)29)31-18-9-14(22(24)25)8-13-3-5-26-11-16(13)18;1-13-2-6-26-23-16(13)4-7-27(23)18-10-20(22(29)21(18)28)30-19-9-14(11-24)8-15-3-5-25-12-17(15)19;1-12-4-8-25-22-13(12)6-9-26(22)17-10-19(21(28)20(17)27)29-18-3-2-16(23)14-5-7-24-11-15(14)18/h2,4,6-8,16,18,20-22,27,30-31H,3,5,9-10H2,1H3;2,4,6-9,17,19-22,26,29-30H,3,5,10-11H2,1H3;2,4,6-9,18,20-22,25,28-29H,3,5,10,12H2,1H3;2-4,6,8-9,17,19-21,24,27-28H,5,7,10-11H2,1H3/t16-,18+,20+,21-;17-,19+,20+,21-;18-,20+,21+,22-;17-,19+,20+,21-/m1111/s1. The third kappa shape index (κ3) is 15.9. The maximum Gasteiger partial charge on any atom is 0.266 e. The van der Waals surface area contributed by atoms with Crippen molar-refractivity contribution in [3.8, 4) is 29.1 Å². The molecule has 12 N–H and O–H groups in total. The molecular formula is C91H97F6N13O12. The summed E-state index contributed by atoms with van der Waals surface area (Å²) in [5.41, 5.74) is 13.1. The van der Waals surface area contributed by atoms with Gasteiger partial charge in [0.25, 0.3) is 12.9 Å². The Labute approximate surface area is 698 Å². The molecule has 0 saturated heterocycles. The van der Waals surface area contributed by atoms with Gasteiger partial charge in [-0.25, -0.2) is 46.3 Å². The third-order valence-corrected chi connectivity index (χ3v) is 25.8. The summed E-state index contributed by atoms with van der Waals surface area (Å²) < 4.78 is 114. The lowest BCUT2D eigenvalue weighted by atomic mass is 9.96. The minimum atomic E-state index is -2.98. The topological polar surface area (TPSA) is 342 Å². The highest BCUT2D eigenvalue weighted by molar-refractivity contribution is 5.82. The Morgan fingerprint density at radius 2 is 0.730 bits per heavy atom. The van der Waals surface area contributed by atoms with Crippen molar-refractivity contribution in [1.29, 1.82) is 5.26 Å². The van der Waals surface area contributed by atoms with E-state index in [0.717, 1.165) is 121 Å². The van der Waals surface area contributed by atoms with Gasteiger partial charge in [-0.1, -0.05) is 0 Å². The van der Waals surface area contributed by atoms with Gasteiger partial charge in [0.2, 0.25) is 0 Å². The lowest BCUT2D eigenvalue weighted by Gasteiger charge is -2.26. The summed E-state index contributed by atoms with van der Waals surface area (Å²) in [6, 6.07) is 26.7. The predicted octanol–water partition coefficient (Wildman–Crippen LogP) is 10.4. The summed E-state index contributed by atoms with van der Waals surface area (Å²) in [6.45, 7) is 12.8. The Hall–Kier alpha value is -10.6. The largest absolute Gasteiger partial charge is 0.487 e. The second-order valence-corrected chi connectivity index (χ2v) is 33.0. The van der Waals surface area contributed by atoms with Crippen LogP contribution in [0.1, 0.15) is 146 Å². The number of halogens is 6. The van der Waals surface area contributed by atoms with Crippen LogP contribution in [0.15, 0.2) is 141 Å². The van der Waals surface area contributed by atoms with Crippen LogP contribution in [0.5, 0.6) is 23.0 Å². The Bertz CT molecular complexity index is 5920. The zero-order chi connectivity index (χ0) is 85.2. The molecule has 640 valence electrons. The van der Waals surface area contributed by atoms with Crippen molar-refractivity contribution in [1.82, 2.24) is 59.5 Å². The van der Waals surface area contributed by atoms with Crippen molar-refractivity contribution in [2.75, 3.05) is 26.2 Å². The summed E-state index contributed by atoms with van der Waals surface area (Å²) in [5, 5.41) is 112. The predicted molar refractivity (Wildman–Crippen MR) is 440 cm³/mol. The van der Waals surface area contributed by atoms with Crippen LogP contribution in [0.3, 0.4) is 0 Å². The number of aliphatic hydroxyl groups is 8. The summed E-state index contributed by atoms with van der Waals surface area (Å²) >= 11 is 0. The molecule has 31 heteroatoms. The van der Waals surface area contributed by atoms with Gasteiger partial charge in [0.1, 0.15) is 130 Å². The molecule has 4 aliphatic carbocycles. The van der Waals surface area contributed by atoms with Crippen molar-refractivity contribution in [2.24, 2.45) is 0 Å². The summed E-state index contributed by atoms with van der Waals surface area (Å²) in [7, 11) is 0. The lowest BCUT2D eigenvalue weighted by molar-refractivity contribution is -0.0167. The number of fused-ring (bicyclic) bond motifs is 8. The van der Waals surface area contributed by atoms with E-state index >= 15 is 0 Å². The maximum atomic E-state index is 14.6. The number of aryl methyl sites for hydroxylation is 4. The molecule has 4 saturated carbocycles. The quantitative estimate of drug-likeness (QED) is 0.0450. The van der Waals surface area contributed by atoms with Crippen LogP contribution >= 0.6 is 0 Å². The van der Waals surface area contributed by atoms with Crippen molar-refractivity contribution in [3.63, 3.8) is 0 Å². The molecular weight excluding hydrogens is 1580 g/mol.